The van der Waals surface area contributed by atoms with Crippen LogP contribution in [0.4, 0.5) is 0 Å². The van der Waals surface area contributed by atoms with E-state index in [2.05, 4.69) is 5.32 Å². The minimum absolute atomic E-state index is 0.116. The zero-order valence-electron chi connectivity index (χ0n) is 6.62. The van der Waals surface area contributed by atoms with Crippen LogP contribution < -0.4 is 5.32 Å². The van der Waals surface area contributed by atoms with E-state index in [9.17, 15) is 13.2 Å². The van der Waals surface area contributed by atoms with E-state index < -0.39 is 9.84 Å². The first kappa shape index (κ1) is 8.19. The molecular weight excluding hydrogens is 178 g/mol. The molecule has 2 bridgehead atoms. The third kappa shape index (κ3) is 1.51. The van der Waals surface area contributed by atoms with Gasteiger partial charge in [0.15, 0.2) is 9.84 Å². The van der Waals surface area contributed by atoms with Gasteiger partial charge in [-0.3, -0.25) is 4.79 Å². The van der Waals surface area contributed by atoms with Crippen molar-refractivity contribution in [3.63, 3.8) is 0 Å². The second-order valence-electron chi connectivity index (χ2n) is 3.58. The summed E-state index contributed by atoms with van der Waals surface area (Å²) in [6.45, 7) is 0. The molecule has 0 aromatic rings. The Morgan fingerprint density at radius 1 is 1.17 bits per heavy atom. The molecule has 0 radical (unpaired) electrons. The number of Topliss-reactive ketones (excluding diaryl/α,β-unsaturated/α-hetero) is 1. The molecule has 68 valence electrons. The molecule has 2 fully saturated rings. The molecule has 2 unspecified atom stereocenters. The van der Waals surface area contributed by atoms with Gasteiger partial charge >= 0.3 is 0 Å². The van der Waals surface area contributed by atoms with Crippen molar-refractivity contribution < 1.29 is 13.2 Å². The molecule has 2 aliphatic rings. The Bertz CT molecular complexity index is 287. The highest BCUT2D eigenvalue weighted by atomic mass is 32.2. The van der Waals surface area contributed by atoms with Gasteiger partial charge in [-0.25, -0.2) is 8.42 Å². The smallest absolute Gasteiger partial charge is 0.153 e. The van der Waals surface area contributed by atoms with Crippen molar-refractivity contribution in [2.75, 3.05) is 11.5 Å². The number of hydrogen-bond acceptors (Lipinski definition) is 4. The third-order valence-electron chi connectivity index (χ3n) is 2.33. The Balaban J connectivity index is 2.21. The number of sulfone groups is 1. The van der Waals surface area contributed by atoms with Gasteiger partial charge < -0.3 is 5.32 Å². The molecular formula is C7H11NO3S. The van der Waals surface area contributed by atoms with Gasteiger partial charge in [-0.05, 0) is 0 Å². The monoisotopic (exact) mass is 189 g/mol. The van der Waals surface area contributed by atoms with Crippen LogP contribution in [0.1, 0.15) is 12.8 Å². The molecule has 5 heteroatoms. The standard InChI is InChI=1S/C7H11NO3S/c9-7-1-5-3-12(10,11)4-6(2-7)8-5/h5-6,8H,1-4H2. The largest absolute Gasteiger partial charge is 0.308 e. The van der Waals surface area contributed by atoms with Crippen LogP contribution in [0.3, 0.4) is 0 Å². The molecule has 0 aliphatic carbocycles. The summed E-state index contributed by atoms with van der Waals surface area (Å²) in [6.07, 6.45) is 0.769. The molecule has 0 amide bonds. The van der Waals surface area contributed by atoms with Crippen LogP contribution in [0.2, 0.25) is 0 Å². The maximum atomic E-state index is 11.2. The number of rotatable bonds is 0. The van der Waals surface area contributed by atoms with Crippen LogP contribution in [-0.2, 0) is 14.6 Å². The fourth-order valence-electron chi connectivity index (χ4n) is 1.98. The second-order valence-corrected chi connectivity index (χ2v) is 5.74. The van der Waals surface area contributed by atoms with Crippen molar-refractivity contribution in [2.45, 2.75) is 24.9 Å². The number of carbonyl (C=O) groups excluding carboxylic acids is 1. The van der Waals surface area contributed by atoms with Crippen LogP contribution in [0.5, 0.6) is 0 Å². The zero-order valence-corrected chi connectivity index (χ0v) is 7.43. The van der Waals surface area contributed by atoms with E-state index in [0.717, 1.165) is 0 Å². The molecule has 2 heterocycles. The van der Waals surface area contributed by atoms with Gasteiger partial charge in [-0.2, -0.15) is 0 Å². The van der Waals surface area contributed by atoms with E-state index in [1.807, 2.05) is 0 Å². The van der Waals surface area contributed by atoms with Crippen molar-refractivity contribution in [1.82, 2.24) is 5.32 Å². The molecule has 2 saturated heterocycles. The second kappa shape index (κ2) is 2.53. The predicted octanol–water partition coefficient (Wildman–Crippen LogP) is -0.895. The number of piperidine rings is 1. The van der Waals surface area contributed by atoms with Crippen LogP contribution in [0.15, 0.2) is 0 Å². The summed E-state index contributed by atoms with van der Waals surface area (Å²) in [7, 11) is -2.88. The van der Waals surface area contributed by atoms with E-state index in [1.165, 1.54) is 0 Å². The summed E-state index contributed by atoms with van der Waals surface area (Å²) < 4.78 is 22.4. The van der Waals surface area contributed by atoms with E-state index in [-0.39, 0.29) is 29.4 Å². The van der Waals surface area contributed by atoms with Gasteiger partial charge in [0.1, 0.15) is 5.78 Å². The van der Waals surface area contributed by atoms with Crippen molar-refractivity contribution in [3.8, 4) is 0 Å². The molecule has 1 N–H and O–H groups in total. The van der Waals surface area contributed by atoms with E-state index >= 15 is 0 Å². The third-order valence-corrected chi connectivity index (χ3v) is 4.15. The summed E-state index contributed by atoms with van der Waals surface area (Å²) in [5.74, 6) is 0.462. The SMILES string of the molecule is O=C1CC2CS(=O)(=O)CC(C1)N2. The van der Waals surface area contributed by atoms with Crippen molar-refractivity contribution in [3.05, 3.63) is 0 Å². The summed E-state index contributed by atoms with van der Waals surface area (Å²) in [5, 5.41) is 3.14. The summed E-state index contributed by atoms with van der Waals surface area (Å²) >= 11 is 0. The number of ketones is 1. The highest BCUT2D eigenvalue weighted by Gasteiger charge is 2.36. The topological polar surface area (TPSA) is 63.2 Å². The number of nitrogens with one attached hydrogen (secondary N) is 1. The molecule has 0 saturated carbocycles. The molecule has 2 rings (SSSR count). The number of carbonyl (C=O) groups is 1. The lowest BCUT2D eigenvalue weighted by Gasteiger charge is -2.34. The first-order chi connectivity index (χ1) is 5.55. The fourth-order valence-corrected chi connectivity index (χ4v) is 3.77. The first-order valence-corrected chi connectivity index (χ1v) is 5.85. The van der Waals surface area contributed by atoms with Crippen molar-refractivity contribution in [1.29, 1.82) is 0 Å². The van der Waals surface area contributed by atoms with Gasteiger partial charge in [0.2, 0.25) is 0 Å². The van der Waals surface area contributed by atoms with Crippen LogP contribution in [-0.4, -0.2) is 37.8 Å². The Labute approximate surface area is 71.3 Å². The zero-order chi connectivity index (χ0) is 8.77. The van der Waals surface area contributed by atoms with Crippen molar-refractivity contribution in [2.24, 2.45) is 0 Å². The van der Waals surface area contributed by atoms with Gasteiger partial charge in [0, 0.05) is 24.9 Å². The number of fused-ring (bicyclic) bond motifs is 2. The Morgan fingerprint density at radius 2 is 1.67 bits per heavy atom. The van der Waals surface area contributed by atoms with E-state index in [1.54, 1.807) is 0 Å². The van der Waals surface area contributed by atoms with E-state index in [4.69, 9.17) is 0 Å². The lowest BCUT2D eigenvalue weighted by Crippen LogP contribution is -2.56. The van der Waals surface area contributed by atoms with Crippen molar-refractivity contribution >= 4 is 15.6 Å². The van der Waals surface area contributed by atoms with Crippen LogP contribution >= 0.6 is 0 Å². The molecule has 4 nitrogen and oxygen atoms in total. The average molecular weight is 189 g/mol. The van der Waals surface area contributed by atoms with Crippen LogP contribution in [0.25, 0.3) is 0 Å². The minimum Gasteiger partial charge on any atom is -0.308 e. The van der Waals surface area contributed by atoms with Gasteiger partial charge in [0.25, 0.3) is 0 Å². The normalized spacial score (nSPS) is 39.5. The van der Waals surface area contributed by atoms with Gasteiger partial charge in [0.05, 0.1) is 11.5 Å². The Hall–Kier alpha value is -0.420. The minimum atomic E-state index is -2.88. The molecule has 2 atom stereocenters. The average Bonchev–Trinajstić information content (AvgIpc) is 1.78. The fraction of sp³-hybridized carbons (Fsp3) is 0.857. The summed E-state index contributed by atoms with van der Waals surface area (Å²) in [6, 6.07) is -0.231. The Morgan fingerprint density at radius 3 is 2.17 bits per heavy atom. The van der Waals surface area contributed by atoms with E-state index in [0.29, 0.717) is 12.8 Å². The molecule has 0 aromatic carbocycles. The molecule has 0 spiro atoms. The first-order valence-electron chi connectivity index (χ1n) is 4.03. The summed E-state index contributed by atoms with van der Waals surface area (Å²) in [5.41, 5.74) is 0. The van der Waals surface area contributed by atoms with Crippen LogP contribution in [0, 0.1) is 0 Å². The molecule has 0 aromatic heterocycles. The van der Waals surface area contributed by atoms with Gasteiger partial charge in [-0.1, -0.05) is 0 Å². The maximum Gasteiger partial charge on any atom is 0.153 e. The quantitative estimate of drug-likeness (QED) is 0.536. The Kier molecular flexibility index (Phi) is 1.73. The highest BCUT2D eigenvalue weighted by molar-refractivity contribution is 7.91. The maximum absolute atomic E-state index is 11.2. The molecule has 2 aliphatic heterocycles. The predicted molar refractivity (Wildman–Crippen MR) is 43.6 cm³/mol. The molecule has 12 heavy (non-hydrogen) atoms. The number of hydrogen-bond donors (Lipinski definition) is 1. The lowest BCUT2D eigenvalue weighted by atomic mass is 9.99. The highest BCUT2D eigenvalue weighted by Crippen LogP contribution is 2.18. The van der Waals surface area contributed by atoms with Gasteiger partial charge in [-0.15, -0.1) is 0 Å². The summed E-state index contributed by atoms with van der Waals surface area (Å²) in [4.78, 5) is 11.1. The lowest BCUT2D eigenvalue weighted by molar-refractivity contribution is -0.121.